The van der Waals surface area contributed by atoms with Crippen LogP contribution < -0.4 is 0 Å². The summed E-state index contributed by atoms with van der Waals surface area (Å²) in [5, 5.41) is 13.9. The van der Waals surface area contributed by atoms with Gasteiger partial charge in [0.05, 0.1) is 18.8 Å². The van der Waals surface area contributed by atoms with Crippen LogP contribution in [0.1, 0.15) is 37.5 Å². The first kappa shape index (κ1) is 13.5. The summed E-state index contributed by atoms with van der Waals surface area (Å²) in [4.78, 5) is 6.48. The van der Waals surface area contributed by atoms with E-state index in [9.17, 15) is 5.11 Å². The molecule has 0 spiro atoms. The van der Waals surface area contributed by atoms with Gasteiger partial charge in [-0.25, -0.2) is 0 Å². The third-order valence-corrected chi connectivity index (χ3v) is 3.16. The van der Waals surface area contributed by atoms with Crippen molar-refractivity contribution in [2.24, 2.45) is 0 Å². The normalized spacial score (nSPS) is 22.5. The Morgan fingerprint density at radius 3 is 3.11 bits per heavy atom. The number of likely N-dealkylation sites (tertiary alicyclic amines) is 1. The van der Waals surface area contributed by atoms with Crippen LogP contribution in [0.2, 0.25) is 0 Å². The molecule has 18 heavy (non-hydrogen) atoms. The lowest BCUT2D eigenvalue weighted by Gasteiger charge is -2.24. The molecule has 6 nitrogen and oxygen atoms in total. The lowest BCUT2D eigenvalue weighted by Crippen LogP contribution is -2.35. The first-order valence-electron chi connectivity index (χ1n) is 6.50. The zero-order valence-corrected chi connectivity index (χ0v) is 11.0. The van der Waals surface area contributed by atoms with Crippen molar-refractivity contribution in [2.75, 3.05) is 26.3 Å². The van der Waals surface area contributed by atoms with Crippen molar-refractivity contribution < 1.29 is 14.4 Å². The SMILES string of the molecule is CCOC[C@@H](O)CN1CCC[C@@H]1c1noc(C)n1. The van der Waals surface area contributed by atoms with Crippen molar-refractivity contribution in [1.82, 2.24) is 15.0 Å². The fraction of sp³-hybridized carbons (Fsp3) is 0.833. The summed E-state index contributed by atoms with van der Waals surface area (Å²) < 4.78 is 10.2. The molecular formula is C12H21N3O3. The molecule has 0 aromatic carbocycles. The second-order valence-electron chi connectivity index (χ2n) is 4.64. The molecule has 2 atom stereocenters. The minimum atomic E-state index is -0.460. The second kappa shape index (κ2) is 6.26. The number of aliphatic hydroxyl groups is 1. The molecule has 1 aliphatic rings. The van der Waals surface area contributed by atoms with Gasteiger partial charge >= 0.3 is 0 Å². The van der Waals surface area contributed by atoms with Gasteiger partial charge in [-0.05, 0) is 26.3 Å². The summed E-state index contributed by atoms with van der Waals surface area (Å²) in [5.74, 6) is 1.32. The number of hydrogen-bond acceptors (Lipinski definition) is 6. The van der Waals surface area contributed by atoms with E-state index in [1.807, 2.05) is 6.92 Å². The van der Waals surface area contributed by atoms with E-state index in [0.717, 1.165) is 25.2 Å². The van der Waals surface area contributed by atoms with E-state index in [-0.39, 0.29) is 6.04 Å². The van der Waals surface area contributed by atoms with E-state index in [0.29, 0.717) is 25.6 Å². The Labute approximate surface area is 107 Å². The van der Waals surface area contributed by atoms with Crippen LogP contribution in [0.25, 0.3) is 0 Å². The lowest BCUT2D eigenvalue weighted by atomic mass is 10.2. The van der Waals surface area contributed by atoms with E-state index >= 15 is 0 Å². The maximum Gasteiger partial charge on any atom is 0.223 e. The van der Waals surface area contributed by atoms with E-state index in [1.165, 1.54) is 0 Å². The van der Waals surface area contributed by atoms with E-state index in [2.05, 4.69) is 15.0 Å². The minimum Gasteiger partial charge on any atom is -0.389 e. The maximum absolute atomic E-state index is 9.88. The Morgan fingerprint density at radius 1 is 1.61 bits per heavy atom. The first-order valence-corrected chi connectivity index (χ1v) is 6.50. The second-order valence-corrected chi connectivity index (χ2v) is 4.64. The van der Waals surface area contributed by atoms with Gasteiger partial charge in [0.2, 0.25) is 5.89 Å². The number of rotatable bonds is 6. The van der Waals surface area contributed by atoms with Crippen LogP contribution in [0.3, 0.4) is 0 Å². The largest absolute Gasteiger partial charge is 0.389 e. The predicted molar refractivity (Wildman–Crippen MR) is 65.1 cm³/mol. The van der Waals surface area contributed by atoms with Gasteiger partial charge in [-0.3, -0.25) is 4.90 Å². The zero-order valence-electron chi connectivity index (χ0n) is 11.0. The molecule has 1 fully saturated rings. The van der Waals surface area contributed by atoms with Gasteiger partial charge in [0, 0.05) is 20.1 Å². The van der Waals surface area contributed by atoms with Crippen molar-refractivity contribution in [3.63, 3.8) is 0 Å². The number of β-amino-alcohol motifs (C(OH)–C–C–N with tert-alkyl or cyclic N) is 1. The number of aryl methyl sites for hydroxylation is 1. The van der Waals surface area contributed by atoms with Crippen molar-refractivity contribution in [3.05, 3.63) is 11.7 Å². The highest BCUT2D eigenvalue weighted by Crippen LogP contribution is 2.29. The summed E-state index contributed by atoms with van der Waals surface area (Å²) in [6, 6.07) is 0.165. The molecule has 1 aliphatic heterocycles. The monoisotopic (exact) mass is 255 g/mol. The van der Waals surface area contributed by atoms with Crippen molar-refractivity contribution in [1.29, 1.82) is 0 Å². The van der Waals surface area contributed by atoms with Gasteiger partial charge < -0.3 is 14.4 Å². The summed E-state index contributed by atoms with van der Waals surface area (Å²) in [6.07, 6.45) is 1.65. The molecule has 2 rings (SSSR count). The van der Waals surface area contributed by atoms with Crippen molar-refractivity contribution in [3.8, 4) is 0 Å². The standard InChI is InChI=1S/C12H21N3O3/c1-3-17-8-10(16)7-15-6-4-5-11(15)12-13-9(2)18-14-12/h10-11,16H,3-8H2,1-2H3/t10-,11+/m0/s1. The first-order chi connectivity index (χ1) is 8.70. The van der Waals surface area contributed by atoms with Crippen LogP contribution in [-0.2, 0) is 4.74 Å². The molecule has 0 unspecified atom stereocenters. The highest BCUT2D eigenvalue weighted by Gasteiger charge is 2.30. The Hall–Kier alpha value is -0.980. The lowest BCUT2D eigenvalue weighted by molar-refractivity contribution is 0.0179. The average Bonchev–Trinajstić information content (AvgIpc) is 2.95. The summed E-state index contributed by atoms with van der Waals surface area (Å²) in [5.41, 5.74) is 0. The Kier molecular flexibility index (Phi) is 4.68. The van der Waals surface area contributed by atoms with Gasteiger partial charge in [-0.15, -0.1) is 0 Å². The zero-order chi connectivity index (χ0) is 13.0. The third kappa shape index (κ3) is 3.28. The molecule has 1 aromatic rings. The summed E-state index contributed by atoms with van der Waals surface area (Å²) >= 11 is 0. The van der Waals surface area contributed by atoms with Crippen LogP contribution in [0, 0.1) is 6.92 Å². The van der Waals surface area contributed by atoms with Crippen LogP contribution >= 0.6 is 0 Å². The molecule has 0 amide bonds. The summed E-state index contributed by atoms with van der Waals surface area (Å²) in [7, 11) is 0. The van der Waals surface area contributed by atoms with Gasteiger partial charge in [0.15, 0.2) is 5.82 Å². The number of aromatic nitrogens is 2. The molecule has 1 N–H and O–H groups in total. The highest BCUT2D eigenvalue weighted by atomic mass is 16.5. The smallest absolute Gasteiger partial charge is 0.223 e. The molecule has 0 saturated carbocycles. The Balaban J connectivity index is 1.91. The quantitative estimate of drug-likeness (QED) is 0.814. The third-order valence-electron chi connectivity index (χ3n) is 3.16. The van der Waals surface area contributed by atoms with E-state index in [4.69, 9.17) is 9.26 Å². The molecule has 0 aliphatic carbocycles. The van der Waals surface area contributed by atoms with E-state index in [1.54, 1.807) is 6.92 Å². The molecule has 0 radical (unpaired) electrons. The Morgan fingerprint density at radius 2 is 2.44 bits per heavy atom. The summed E-state index contributed by atoms with van der Waals surface area (Å²) in [6.45, 7) is 6.28. The van der Waals surface area contributed by atoms with Crippen LogP contribution in [-0.4, -0.2) is 52.6 Å². The molecule has 6 heteroatoms. The molecule has 1 saturated heterocycles. The van der Waals surface area contributed by atoms with Gasteiger partial charge in [-0.1, -0.05) is 5.16 Å². The number of nitrogens with zero attached hydrogens (tertiary/aromatic N) is 3. The highest BCUT2D eigenvalue weighted by molar-refractivity contribution is 4.97. The fourth-order valence-electron chi connectivity index (χ4n) is 2.36. The molecule has 2 heterocycles. The topological polar surface area (TPSA) is 71.6 Å². The van der Waals surface area contributed by atoms with Gasteiger partial charge in [-0.2, -0.15) is 4.98 Å². The molecule has 0 bridgehead atoms. The van der Waals surface area contributed by atoms with Crippen LogP contribution in [0.15, 0.2) is 4.52 Å². The molecule has 102 valence electrons. The Bertz CT molecular complexity index is 369. The van der Waals surface area contributed by atoms with Crippen LogP contribution in [0.5, 0.6) is 0 Å². The predicted octanol–water partition coefficient (Wildman–Crippen LogP) is 0.912. The van der Waals surface area contributed by atoms with Crippen molar-refractivity contribution in [2.45, 2.75) is 38.8 Å². The fourth-order valence-corrected chi connectivity index (χ4v) is 2.36. The maximum atomic E-state index is 9.88. The average molecular weight is 255 g/mol. The van der Waals surface area contributed by atoms with Crippen LogP contribution in [0.4, 0.5) is 0 Å². The minimum absolute atomic E-state index is 0.165. The number of hydrogen-bond donors (Lipinski definition) is 1. The van der Waals surface area contributed by atoms with E-state index < -0.39 is 6.10 Å². The number of aliphatic hydroxyl groups excluding tert-OH is 1. The molecular weight excluding hydrogens is 234 g/mol. The van der Waals surface area contributed by atoms with Crippen molar-refractivity contribution >= 4 is 0 Å². The van der Waals surface area contributed by atoms with Gasteiger partial charge in [0.1, 0.15) is 0 Å². The van der Waals surface area contributed by atoms with Gasteiger partial charge in [0.25, 0.3) is 0 Å². The number of ether oxygens (including phenoxy) is 1. The molecule has 1 aromatic heterocycles.